The monoisotopic (exact) mass is 1390 g/mol. The van der Waals surface area contributed by atoms with Gasteiger partial charge in [0.2, 0.25) is 0 Å². The summed E-state index contributed by atoms with van der Waals surface area (Å²) in [5, 5.41) is 10.6. The predicted molar refractivity (Wildman–Crippen MR) is 386 cm³/mol. The molecule has 0 aromatic heterocycles. The first-order chi connectivity index (χ1) is 45.9. The highest BCUT2D eigenvalue weighted by molar-refractivity contribution is 7.47. The molecule has 0 bridgehead atoms. The number of hydrogen-bond donors (Lipinski definition) is 3. The Kier molecular flexibility index (Phi) is 65.6. The van der Waals surface area contributed by atoms with Crippen molar-refractivity contribution < 1.29 is 80.2 Å². The van der Waals surface area contributed by atoms with E-state index in [-0.39, 0.29) is 25.7 Å². The molecule has 0 heterocycles. The molecule has 0 saturated heterocycles. The van der Waals surface area contributed by atoms with Gasteiger partial charge in [0.1, 0.15) is 19.3 Å². The van der Waals surface area contributed by atoms with Gasteiger partial charge in [-0.3, -0.25) is 37.3 Å². The number of carbonyl (C=O) groups is 4. The quantitative estimate of drug-likeness (QED) is 0.0169. The number of rotatable bonds is 73. The molecule has 95 heavy (non-hydrogen) atoms. The van der Waals surface area contributed by atoms with Crippen LogP contribution in [0.5, 0.6) is 0 Å². The third kappa shape index (κ3) is 69.8. The fourth-order valence-electron chi connectivity index (χ4n) is 11.1. The summed E-state index contributed by atoms with van der Waals surface area (Å²) >= 11 is 0. The lowest BCUT2D eigenvalue weighted by Crippen LogP contribution is -2.30. The maximum Gasteiger partial charge on any atom is 0.472 e. The lowest BCUT2D eigenvalue weighted by atomic mass is 10.0. The molecule has 5 atom stereocenters. The van der Waals surface area contributed by atoms with Gasteiger partial charge in [0, 0.05) is 25.7 Å². The Morgan fingerprint density at radius 2 is 0.568 bits per heavy atom. The third-order valence-corrected chi connectivity index (χ3v) is 19.0. The number of unbranched alkanes of at least 4 members (excludes halogenated alkanes) is 40. The minimum absolute atomic E-state index is 0.101. The Hall–Kier alpha value is -2.46. The highest BCUT2D eigenvalue weighted by atomic mass is 31.2. The van der Waals surface area contributed by atoms with Gasteiger partial charge in [-0.15, -0.1) is 0 Å². The van der Waals surface area contributed by atoms with Crippen LogP contribution < -0.4 is 0 Å². The third-order valence-electron chi connectivity index (χ3n) is 17.1. The van der Waals surface area contributed by atoms with Crippen molar-refractivity contribution in [1.82, 2.24) is 0 Å². The average molecular weight is 1390 g/mol. The SMILES string of the molecule is CCCCCC/C=C\C=C/CCCCCCCC(=O)OC[C@H](COP(=O)(O)OC[C@@H](O)COP(=O)(O)OC[C@@H](COC(=O)CCCCCCCCCC)OC(=O)CCCCCCCCCCCCCC(C)C)OC(=O)CCCCCCCCCCCCCCCCCC(C)C. The molecule has 0 aliphatic rings. The highest BCUT2D eigenvalue weighted by Gasteiger charge is 2.30. The van der Waals surface area contributed by atoms with E-state index in [1.54, 1.807) is 0 Å². The average Bonchev–Trinajstić information content (AvgIpc) is 1.40. The number of aliphatic hydroxyl groups is 1. The summed E-state index contributed by atoms with van der Waals surface area (Å²) in [7, 11) is -9.92. The van der Waals surface area contributed by atoms with Crippen molar-refractivity contribution in [1.29, 1.82) is 0 Å². The Bertz CT molecular complexity index is 1930. The summed E-state index contributed by atoms with van der Waals surface area (Å²) in [4.78, 5) is 72.7. The van der Waals surface area contributed by atoms with Crippen LogP contribution in [0.2, 0.25) is 0 Å². The van der Waals surface area contributed by atoms with Gasteiger partial charge in [-0.2, -0.15) is 0 Å². The molecule has 17 nitrogen and oxygen atoms in total. The van der Waals surface area contributed by atoms with Crippen LogP contribution in [0.1, 0.15) is 369 Å². The Morgan fingerprint density at radius 3 is 0.863 bits per heavy atom. The van der Waals surface area contributed by atoms with Crippen LogP contribution in [-0.2, 0) is 65.4 Å². The second-order valence-corrected chi connectivity index (χ2v) is 30.6. The lowest BCUT2D eigenvalue weighted by Gasteiger charge is -2.21. The van der Waals surface area contributed by atoms with E-state index in [4.69, 9.17) is 37.0 Å². The number of phosphoric acid groups is 2. The molecule has 2 unspecified atom stereocenters. The molecule has 0 aliphatic carbocycles. The minimum Gasteiger partial charge on any atom is -0.462 e. The van der Waals surface area contributed by atoms with Gasteiger partial charge in [-0.1, -0.05) is 316 Å². The number of phosphoric ester groups is 2. The van der Waals surface area contributed by atoms with Crippen molar-refractivity contribution in [3.05, 3.63) is 24.3 Å². The van der Waals surface area contributed by atoms with Gasteiger partial charge in [-0.05, 0) is 63.2 Å². The van der Waals surface area contributed by atoms with E-state index in [1.807, 2.05) is 0 Å². The Balaban J connectivity index is 5.25. The van der Waals surface area contributed by atoms with Crippen LogP contribution in [0.4, 0.5) is 0 Å². The van der Waals surface area contributed by atoms with Crippen molar-refractivity contribution >= 4 is 39.5 Å². The molecular weight excluding hydrogens is 1250 g/mol. The highest BCUT2D eigenvalue weighted by Crippen LogP contribution is 2.45. The summed E-state index contributed by atoms with van der Waals surface area (Å²) in [5.41, 5.74) is 0. The van der Waals surface area contributed by atoms with E-state index in [1.165, 1.54) is 161 Å². The first-order valence-electron chi connectivity index (χ1n) is 38.8. The Labute approximate surface area is 580 Å². The largest absolute Gasteiger partial charge is 0.472 e. The second-order valence-electron chi connectivity index (χ2n) is 27.7. The van der Waals surface area contributed by atoms with Gasteiger partial charge in [0.25, 0.3) is 0 Å². The molecule has 3 N–H and O–H groups in total. The van der Waals surface area contributed by atoms with Crippen LogP contribution in [0.3, 0.4) is 0 Å². The topological polar surface area (TPSA) is 237 Å². The van der Waals surface area contributed by atoms with Gasteiger partial charge < -0.3 is 33.8 Å². The molecule has 0 rings (SSSR count). The molecule has 0 radical (unpaired) electrons. The maximum atomic E-state index is 13.1. The first kappa shape index (κ1) is 92.5. The van der Waals surface area contributed by atoms with E-state index in [2.05, 4.69) is 65.8 Å². The summed E-state index contributed by atoms with van der Waals surface area (Å²) in [6.07, 6.45) is 57.7. The molecule has 0 aromatic carbocycles. The number of hydrogen-bond acceptors (Lipinski definition) is 15. The van der Waals surface area contributed by atoms with E-state index in [0.717, 1.165) is 127 Å². The van der Waals surface area contributed by atoms with E-state index < -0.39 is 97.5 Å². The van der Waals surface area contributed by atoms with Crippen molar-refractivity contribution in [3.63, 3.8) is 0 Å². The van der Waals surface area contributed by atoms with Gasteiger partial charge in [-0.25, -0.2) is 9.13 Å². The Morgan fingerprint density at radius 1 is 0.326 bits per heavy atom. The summed E-state index contributed by atoms with van der Waals surface area (Å²) < 4.78 is 68.4. The van der Waals surface area contributed by atoms with Crippen molar-refractivity contribution in [2.75, 3.05) is 39.6 Å². The zero-order valence-corrected chi connectivity index (χ0v) is 63.2. The van der Waals surface area contributed by atoms with Crippen molar-refractivity contribution in [2.24, 2.45) is 11.8 Å². The number of aliphatic hydroxyl groups excluding tert-OH is 1. The fourth-order valence-corrected chi connectivity index (χ4v) is 12.7. The molecule has 0 spiro atoms. The number of carbonyl (C=O) groups excluding carboxylic acids is 4. The molecule has 19 heteroatoms. The maximum absolute atomic E-state index is 13.1. The predicted octanol–water partition coefficient (Wildman–Crippen LogP) is 21.9. The normalized spacial score (nSPS) is 14.2. The van der Waals surface area contributed by atoms with Crippen LogP contribution in [0.25, 0.3) is 0 Å². The van der Waals surface area contributed by atoms with Crippen LogP contribution in [-0.4, -0.2) is 96.7 Å². The molecule has 0 aromatic rings. The van der Waals surface area contributed by atoms with E-state index >= 15 is 0 Å². The smallest absolute Gasteiger partial charge is 0.462 e. The minimum atomic E-state index is -4.96. The van der Waals surface area contributed by atoms with Gasteiger partial charge >= 0.3 is 39.5 Å². The molecule has 0 amide bonds. The number of ether oxygens (including phenoxy) is 4. The van der Waals surface area contributed by atoms with E-state index in [9.17, 15) is 43.2 Å². The number of allylic oxidation sites excluding steroid dienone is 4. The van der Waals surface area contributed by atoms with Gasteiger partial charge in [0.05, 0.1) is 26.4 Å². The van der Waals surface area contributed by atoms with Crippen molar-refractivity contribution in [3.8, 4) is 0 Å². The fraction of sp³-hybridized carbons (Fsp3) is 0.895. The molecule has 560 valence electrons. The molecule has 0 fully saturated rings. The first-order valence-corrected chi connectivity index (χ1v) is 41.8. The summed E-state index contributed by atoms with van der Waals surface area (Å²) in [6, 6.07) is 0. The van der Waals surface area contributed by atoms with E-state index in [0.29, 0.717) is 25.7 Å². The summed E-state index contributed by atoms with van der Waals surface area (Å²) in [6.45, 7) is 9.53. The van der Waals surface area contributed by atoms with Gasteiger partial charge in [0.15, 0.2) is 12.2 Å². The number of esters is 4. The standard InChI is InChI=1S/C76H144O17P2/c1-7-9-11-13-15-17-18-19-21-25-30-35-41-47-53-59-74(79)87-65-72(93-75(80)60-54-48-42-36-31-26-23-20-22-24-28-33-38-44-50-56-68(3)4)67-91-95(84,85)89-63-70(77)62-88-94(82,83)90-66-71(64-86-73(78)58-52-46-40-16-14-12-10-8-2)92-76(81)61-55-49-43-37-32-27-29-34-39-45-51-57-69(5)6/h17-19,21,68-72,77H,7-16,20,22-67H2,1-6H3,(H,82,83)(H,84,85)/b18-17-,21-19-/t70-,71+,72+/m0/s1. The zero-order valence-electron chi connectivity index (χ0n) is 61.5. The zero-order chi connectivity index (χ0) is 70.0. The molecule has 0 aliphatic heterocycles. The van der Waals surface area contributed by atoms with Crippen LogP contribution in [0.15, 0.2) is 24.3 Å². The van der Waals surface area contributed by atoms with Crippen LogP contribution in [0, 0.1) is 11.8 Å². The molecule has 0 saturated carbocycles. The molecular formula is C76H144O17P2. The lowest BCUT2D eigenvalue weighted by molar-refractivity contribution is -0.161. The van der Waals surface area contributed by atoms with Crippen LogP contribution >= 0.6 is 15.6 Å². The van der Waals surface area contributed by atoms with Crippen molar-refractivity contribution in [2.45, 2.75) is 387 Å². The summed E-state index contributed by atoms with van der Waals surface area (Å²) in [5.74, 6) is -0.584. The second kappa shape index (κ2) is 67.4.